The second-order valence-corrected chi connectivity index (χ2v) is 5.14. The Balaban J connectivity index is 2.55. The number of esters is 1. The topological polar surface area (TPSA) is 71.5 Å². The van der Waals surface area contributed by atoms with Crippen LogP contribution in [-0.2, 0) is 4.74 Å². The van der Waals surface area contributed by atoms with Gasteiger partial charge in [-0.15, -0.1) is 0 Å². The Kier molecular flexibility index (Phi) is 5.76. The molecule has 0 aliphatic rings. The molecule has 5 heteroatoms. The molecule has 0 fully saturated rings. The lowest BCUT2D eigenvalue weighted by molar-refractivity contribution is 0.0526. The van der Waals surface area contributed by atoms with E-state index < -0.39 is 0 Å². The van der Waals surface area contributed by atoms with Crippen LogP contribution in [0.2, 0.25) is 0 Å². The molecule has 106 valence electrons. The summed E-state index contributed by atoms with van der Waals surface area (Å²) in [6.45, 7) is 7.15. The molecule has 1 heterocycles. The molecular weight excluding hydrogens is 244 g/mol. The van der Waals surface area contributed by atoms with Gasteiger partial charge in [0, 0.05) is 19.3 Å². The molecule has 2 N–H and O–H groups in total. The Bertz CT molecular complexity index is 402. The highest BCUT2D eigenvalue weighted by molar-refractivity contribution is 5.89. The number of aliphatic hydroxyl groups excluding tert-OH is 1. The molecule has 5 nitrogen and oxygen atoms in total. The lowest BCUT2D eigenvalue weighted by atomic mass is 9.90. The molecule has 0 amide bonds. The highest BCUT2D eigenvalue weighted by atomic mass is 16.5. The summed E-state index contributed by atoms with van der Waals surface area (Å²) in [5.74, 6) is 0.348. The summed E-state index contributed by atoms with van der Waals surface area (Å²) in [5, 5.41) is 12.1. The van der Waals surface area contributed by atoms with Crippen molar-refractivity contribution < 1.29 is 14.6 Å². The van der Waals surface area contributed by atoms with E-state index in [9.17, 15) is 4.79 Å². The maximum Gasteiger partial charge on any atom is 0.339 e. The van der Waals surface area contributed by atoms with Crippen LogP contribution in [-0.4, -0.2) is 35.8 Å². The molecule has 0 bridgehead atoms. The molecule has 0 unspecified atom stereocenters. The fourth-order valence-electron chi connectivity index (χ4n) is 1.55. The Morgan fingerprint density at radius 1 is 1.47 bits per heavy atom. The van der Waals surface area contributed by atoms with Crippen LogP contribution in [0.15, 0.2) is 18.3 Å². The number of pyridine rings is 1. The molecule has 0 spiro atoms. The zero-order valence-electron chi connectivity index (χ0n) is 11.8. The first-order valence-electron chi connectivity index (χ1n) is 6.46. The maximum atomic E-state index is 11.4. The van der Waals surface area contributed by atoms with E-state index in [2.05, 4.69) is 24.1 Å². The fraction of sp³-hybridized carbons (Fsp3) is 0.571. The predicted molar refractivity (Wildman–Crippen MR) is 74.2 cm³/mol. The first-order valence-corrected chi connectivity index (χ1v) is 6.46. The number of aromatic nitrogens is 1. The van der Waals surface area contributed by atoms with Crippen molar-refractivity contribution in [1.29, 1.82) is 0 Å². The first-order chi connectivity index (χ1) is 8.98. The standard InChI is InChI=1S/C14H22N2O3/c1-4-19-13(18)11-5-6-12(15-9-11)16-10-14(2,3)7-8-17/h5-6,9,17H,4,7-8,10H2,1-3H3,(H,15,16). The van der Waals surface area contributed by atoms with Gasteiger partial charge in [0.25, 0.3) is 0 Å². The minimum absolute atomic E-state index is 0.00373. The summed E-state index contributed by atoms with van der Waals surface area (Å²) in [6, 6.07) is 3.44. The number of ether oxygens (including phenoxy) is 1. The molecule has 0 atom stereocenters. The van der Waals surface area contributed by atoms with Crippen LogP contribution in [0.5, 0.6) is 0 Å². The number of rotatable bonds is 7. The third-order valence-corrected chi connectivity index (χ3v) is 2.81. The molecule has 1 rings (SSSR count). The van der Waals surface area contributed by atoms with E-state index in [1.165, 1.54) is 6.20 Å². The Labute approximate surface area is 114 Å². The van der Waals surface area contributed by atoms with Gasteiger partial charge < -0.3 is 15.2 Å². The molecule has 0 radical (unpaired) electrons. The molecule has 19 heavy (non-hydrogen) atoms. The quantitative estimate of drug-likeness (QED) is 0.739. The molecular formula is C14H22N2O3. The van der Waals surface area contributed by atoms with Crippen molar-refractivity contribution >= 4 is 11.8 Å². The molecule has 0 aliphatic carbocycles. The van der Waals surface area contributed by atoms with Gasteiger partial charge in [-0.2, -0.15) is 0 Å². The van der Waals surface area contributed by atoms with Crippen molar-refractivity contribution in [2.45, 2.75) is 27.2 Å². The van der Waals surface area contributed by atoms with E-state index in [-0.39, 0.29) is 18.0 Å². The zero-order chi connectivity index (χ0) is 14.3. The van der Waals surface area contributed by atoms with Gasteiger partial charge in [-0.3, -0.25) is 0 Å². The molecule has 0 aromatic carbocycles. The van der Waals surface area contributed by atoms with E-state index in [0.29, 0.717) is 24.5 Å². The van der Waals surface area contributed by atoms with Crippen LogP contribution in [0.4, 0.5) is 5.82 Å². The van der Waals surface area contributed by atoms with Crippen molar-refractivity contribution in [3.8, 4) is 0 Å². The minimum atomic E-state index is -0.359. The number of nitrogens with one attached hydrogen (secondary N) is 1. The summed E-state index contributed by atoms with van der Waals surface area (Å²) >= 11 is 0. The van der Waals surface area contributed by atoms with Gasteiger partial charge in [-0.05, 0) is 30.9 Å². The number of nitrogens with zero attached hydrogens (tertiary/aromatic N) is 1. The third-order valence-electron chi connectivity index (χ3n) is 2.81. The van der Waals surface area contributed by atoms with Crippen molar-refractivity contribution in [1.82, 2.24) is 4.98 Å². The van der Waals surface area contributed by atoms with Gasteiger partial charge in [0.05, 0.1) is 12.2 Å². The average Bonchev–Trinajstić information content (AvgIpc) is 2.37. The van der Waals surface area contributed by atoms with Gasteiger partial charge >= 0.3 is 5.97 Å². The summed E-state index contributed by atoms with van der Waals surface area (Å²) in [5.41, 5.74) is 0.443. The van der Waals surface area contributed by atoms with E-state index >= 15 is 0 Å². The second-order valence-electron chi connectivity index (χ2n) is 5.14. The SMILES string of the molecule is CCOC(=O)c1ccc(NCC(C)(C)CCO)nc1. The number of anilines is 1. The Morgan fingerprint density at radius 2 is 2.21 bits per heavy atom. The van der Waals surface area contributed by atoms with Gasteiger partial charge in [-0.25, -0.2) is 9.78 Å². The molecule has 0 saturated heterocycles. The van der Waals surface area contributed by atoms with Gasteiger partial charge in [-0.1, -0.05) is 13.8 Å². The van der Waals surface area contributed by atoms with Gasteiger partial charge in [0.1, 0.15) is 5.82 Å². The molecule has 0 saturated carbocycles. The van der Waals surface area contributed by atoms with Crippen LogP contribution < -0.4 is 5.32 Å². The highest BCUT2D eigenvalue weighted by Gasteiger charge is 2.17. The number of hydrogen-bond donors (Lipinski definition) is 2. The minimum Gasteiger partial charge on any atom is -0.462 e. The Morgan fingerprint density at radius 3 is 2.74 bits per heavy atom. The van der Waals surface area contributed by atoms with Gasteiger partial charge in [0.2, 0.25) is 0 Å². The average molecular weight is 266 g/mol. The first kappa shape index (κ1) is 15.4. The van der Waals surface area contributed by atoms with Crippen LogP contribution in [0.3, 0.4) is 0 Å². The number of hydrogen-bond acceptors (Lipinski definition) is 5. The predicted octanol–water partition coefficient (Wildman–Crippen LogP) is 2.08. The van der Waals surface area contributed by atoms with Gasteiger partial charge in [0.15, 0.2) is 0 Å². The normalized spacial score (nSPS) is 11.2. The van der Waals surface area contributed by atoms with E-state index in [1.54, 1.807) is 19.1 Å². The summed E-state index contributed by atoms with van der Waals surface area (Å²) in [7, 11) is 0. The van der Waals surface area contributed by atoms with Crippen LogP contribution >= 0.6 is 0 Å². The second kappa shape index (κ2) is 7.09. The van der Waals surface area contributed by atoms with Crippen molar-refractivity contribution in [2.75, 3.05) is 25.1 Å². The summed E-state index contributed by atoms with van der Waals surface area (Å²) < 4.78 is 4.89. The fourth-order valence-corrected chi connectivity index (χ4v) is 1.55. The van der Waals surface area contributed by atoms with Crippen LogP contribution in [0, 0.1) is 5.41 Å². The van der Waals surface area contributed by atoms with E-state index in [4.69, 9.17) is 9.84 Å². The lowest BCUT2D eigenvalue weighted by Gasteiger charge is -2.24. The zero-order valence-corrected chi connectivity index (χ0v) is 11.8. The van der Waals surface area contributed by atoms with Crippen molar-refractivity contribution in [3.05, 3.63) is 23.9 Å². The lowest BCUT2D eigenvalue weighted by Crippen LogP contribution is -2.24. The van der Waals surface area contributed by atoms with Crippen molar-refractivity contribution in [3.63, 3.8) is 0 Å². The molecule has 0 aliphatic heterocycles. The van der Waals surface area contributed by atoms with Crippen molar-refractivity contribution in [2.24, 2.45) is 5.41 Å². The number of aliphatic hydroxyl groups is 1. The largest absolute Gasteiger partial charge is 0.462 e. The summed E-state index contributed by atoms with van der Waals surface area (Å²) in [4.78, 5) is 15.6. The summed E-state index contributed by atoms with van der Waals surface area (Å²) in [6.07, 6.45) is 2.22. The smallest absolute Gasteiger partial charge is 0.339 e. The van der Waals surface area contributed by atoms with E-state index in [0.717, 1.165) is 6.42 Å². The monoisotopic (exact) mass is 266 g/mol. The third kappa shape index (κ3) is 5.26. The van der Waals surface area contributed by atoms with Crippen LogP contribution in [0.1, 0.15) is 37.6 Å². The highest BCUT2D eigenvalue weighted by Crippen LogP contribution is 2.20. The molecule has 1 aromatic heterocycles. The number of carbonyl (C=O) groups excluding carboxylic acids is 1. The molecule has 1 aromatic rings. The van der Waals surface area contributed by atoms with Crippen LogP contribution in [0.25, 0.3) is 0 Å². The van der Waals surface area contributed by atoms with E-state index in [1.807, 2.05) is 0 Å². The Hall–Kier alpha value is -1.62. The maximum absolute atomic E-state index is 11.4. The number of carbonyl (C=O) groups is 1.